The van der Waals surface area contributed by atoms with E-state index >= 15 is 0 Å². The Balaban J connectivity index is 0.000000208. The molecular weight excluding hydrogens is 516 g/mol. The standard InChI is InChI=1S/C15H16O2.2C6H6O3S/c1-15(2,11-3-7-13(16)8-4-11)12-5-9-14(17)10-6-12;2*7-10(8,9)6-4-2-1-3-5-6/h3-10,16-17H,1-2H3;2*1-5H,(H,7,8,9). The molecule has 10 heteroatoms. The zero-order valence-corrected chi connectivity index (χ0v) is 21.8. The summed E-state index contributed by atoms with van der Waals surface area (Å²) in [5.74, 6) is 0.547. The van der Waals surface area contributed by atoms with Crippen molar-refractivity contribution in [3.63, 3.8) is 0 Å². The van der Waals surface area contributed by atoms with Gasteiger partial charge in [0.2, 0.25) is 0 Å². The zero-order valence-electron chi connectivity index (χ0n) is 20.1. The van der Waals surface area contributed by atoms with E-state index in [4.69, 9.17) is 9.11 Å². The maximum atomic E-state index is 10.4. The lowest BCUT2D eigenvalue weighted by Gasteiger charge is -2.26. The molecule has 0 unspecified atom stereocenters. The van der Waals surface area contributed by atoms with E-state index in [9.17, 15) is 27.0 Å². The molecule has 0 saturated carbocycles. The van der Waals surface area contributed by atoms with Crippen molar-refractivity contribution in [2.75, 3.05) is 0 Å². The number of aromatic hydroxyl groups is 2. The molecule has 0 saturated heterocycles. The number of phenolic OH excluding ortho intramolecular Hbond substituents is 2. The lowest BCUT2D eigenvalue weighted by Crippen LogP contribution is -2.18. The molecule has 0 amide bonds. The molecule has 0 spiro atoms. The fourth-order valence-corrected chi connectivity index (χ4v) is 4.11. The monoisotopic (exact) mass is 544 g/mol. The van der Waals surface area contributed by atoms with Crippen molar-refractivity contribution >= 4 is 20.2 Å². The molecule has 37 heavy (non-hydrogen) atoms. The summed E-state index contributed by atoms with van der Waals surface area (Å²) in [6.07, 6.45) is 0. The summed E-state index contributed by atoms with van der Waals surface area (Å²) in [7, 11) is -8.01. The van der Waals surface area contributed by atoms with E-state index in [0.717, 1.165) is 11.1 Å². The predicted octanol–water partition coefficient (Wildman–Crippen LogP) is 5.29. The molecule has 8 nitrogen and oxygen atoms in total. The van der Waals surface area contributed by atoms with E-state index < -0.39 is 20.2 Å². The topological polar surface area (TPSA) is 149 Å². The fourth-order valence-electron chi connectivity index (χ4n) is 3.11. The van der Waals surface area contributed by atoms with Crippen LogP contribution in [-0.2, 0) is 25.7 Å². The maximum Gasteiger partial charge on any atom is 0.294 e. The smallest absolute Gasteiger partial charge is 0.294 e. The molecule has 0 fully saturated rings. The molecular formula is C27H28O8S2. The third-order valence-electron chi connectivity index (χ3n) is 5.26. The Morgan fingerprint density at radius 2 is 0.757 bits per heavy atom. The van der Waals surface area contributed by atoms with E-state index in [1.165, 1.54) is 24.3 Å². The van der Waals surface area contributed by atoms with Gasteiger partial charge in [-0.05, 0) is 59.7 Å². The largest absolute Gasteiger partial charge is 0.508 e. The SMILES string of the molecule is CC(C)(c1ccc(O)cc1)c1ccc(O)cc1.O=S(=O)(O)c1ccccc1.O=S(=O)(O)c1ccccc1. The highest BCUT2D eigenvalue weighted by atomic mass is 32.2. The van der Waals surface area contributed by atoms with Gasteiger partial charge >= 0.3 is 0 Å². The highest BCUT2D eigenvalue weighted by molar-refractivity contribution is 7.86. The molecule has 0 heterocycles. The van der Waals surface area contributed by atoms with Crippen LogP contribution in [0.4, 0.5) is 0 Å². The number of rotatable bonds is 4. The van der Waals surface area contributed by atoms with Crippen LogP contribution in [0.5, 0.6) is 11.5 Å². The molecule has 0 bridgehead atoms. The minimum Gasteiger partial charge on any atom is -0.508 e. The van der Waals surface area contributed by atoms with Gasteiger partial charge in [0.05, 0.1) is 9.79 Å². The average molecular weight is 545 g/mol. The van der Waals surface area contributed by atoms with Crippen LogP contribution >= 0.6 is 0 Å². The third-order valence-corrected chi connectivity index (χ3v) is 7.00. The van der Waals surface area contributed by atoms with Crippen LogP contribution < -0.4 is 0 Å². The summed E-state index contributed by atoms with van der Waals surface area (Å²) in [6, 6.07) is 29.3. The number of benzene rings is 4. The first-order chi connectivity index (χ1) is 17.2. The summed E-state index contributed by atoms with van der Waals surface area (Å²) in [4.78, 5) is -0.148. The van der Waals surface area contributed by atoms with Crippen molar-refractivity contribution in [1.29, 1.82) is 0 Å². The molecule has 196 valence electrons. The van der Waals surface area contributed by atoms with Gasteiger partial charge in [0.25, 0.3) is 20.2 Å². The first-order valence-electron chi connectivity index (χ1n) is 10.9. The van der Waals surface area contributed by atoms with Gasteiger partial charge in [-0.2, -0.15) is 16.8 Å². The molecule has 0 aliphatic heterocycles. The first-order valence-corrected chi connectivity index (χ1v) is 13.7. The Bertz CT molecular complexity index is 1350. The molecule has 0 atom stereocenters. The molecule has 0 aromatic heterocycles. The minimum atomic E-state index is -4.00. The second-order valence-corrected chi connectivity index (χ2v) is 11.1. The number of hydrogen-bond donors (Lipinski definition) is 4. The van der Waals surface area contributed by atoms with Gasteiger partial charge in [-0.1, -0.05) is 74.5 Å². The highest BCUT2D eigenvalue weighted by Gasteiger charge is 2.22. The van der Waals surface area contributed by atoms with Crippen molar-refractivity contribution in [3.05, 3.63) is 120 Å². The van der Waals surface area contributed by atoms with Gasteiger partial charge in [-0.25, -0.2) is 0 Å². The fraction of sp³-hybridized carbons (Fsp3) is 0.111. The van der Waals surface area contributed by atoms with Crippen LogP contribution in [0, 0.1) is 0 Å². The zero-order chi connectivity index (χ0) is 27.7. The van der Waals surface area contributed by atoms with Crippen LogP contribution in [0.2, 0.25) is 0 Å². The van der Waals surface area contributed by atoms with Gasteiger partial charge in [0.15, 0.2) is 0 Å². The highest BCUT2D eigenvalue weighted by Crippen LogP contribution is 2.32. The van der Waals surface area contributed by atoms with Crippen LogP contribution in [0.1, 0.15) is 25.0 Å². The Labute approximate surface area is 217 Å². The summed E-state index contributed by atoms with van der Waals surface area (Å²) >= 11 is 0. The Hall–Kier alpha value is -3.70. The van der Waals surface area contributed by atoms with Crippen molar-refractivity contribution in [1.82, 2.24) is 0 Å². The number of hydrogen-bond acceptors (Lipinski definition) is 6. The second-order valence-electron chi connectivity index (χ2n) is 8.29. The quantitative estimate of drug-likeness (QED) is 0.253. The summed E-state index contributed by atoms with van der Waals surface area (Å²) in [5.41, 5.74) is 2.10. The average Bonchev–Trinajstić information content (AvgIpc) is 2.85. The van der Waals surface area contributed by atoms with Gasteiger partial charge in [-0.15, -0.1) is 0 Å². The Morgan fingerprint density at radius 1 is 0.486 bits per heavy atom. The van der Waals surface area contributed by atoms with Crippen LogP contribution in [0.15, 0.2) is 119 Å². The van der Waals surface area contributed by atoms with Gasteiger partial charge in [0, 0.05) is 5.41 Å². The summed E-state index contributed by atoms with van der Waals surface area (Å²) < 4.78 is 58.5. The van der Waals surface area contributed by atoms with Crippen molar-refractivity contribution in [2.24, 2.45) is 0 Å². The normalized spacial score (nSPS) is 11.4. The molecule has 0 aliphatic rings. The summed E-state index contributed by atoms with van der Waals surface area (Å²) in [6.45, 7) is 4.23. The van der Waals surface area contributed by atoms with E-state index in [1.807, 2.05) is 24.3 Å². The molecule has 0 aliphatic carbocycles. The van der Waals surface area contributed by atoms with Gasteiger partial charge in [0.1, 0.15) is 11.5 Å². The Morgan fingerprint density at radius 3 is 0.973 bits per heavy atom. The van der Waals surface area contributed by atoms with E-state index in [1.54, 1.807) is 60.7 Å². The molecule has 4 aromatic rings. The van der Waals surface area contributed by atoms with Crippen LogP contribution in [0.3, 0.4) is 0 Å². The van der Waals surface area contributed by atoms with E-state index in [2.05, 4.69) is 13.8 Å². The van der Waals surface area contributed by atoms with Crippen LogP contribution in [0.25, 0.3) is 0 Å². The second kappa shape index (κ2) is 12.5. The predicted molar refractivity (Wildman–Crippen MR) is 141 cm³/mol. The van der Waals surface area contributed by atoms with Crippen molar-refractivity contribution < 1.29 is 36.2 Å². The van der Waals surface area contributed by atoms with Crippen molar-refractivity contribution in [2.45, 2.75) is 29.1 Å². The Kier molecular flexibility index (Phi) is 9.98. The lowest BCUT2D eigenvalue weighted by molar-refractivity contribution is 0.473. The molecule has 4 N–H and O–H groups in total. The van der Waals surface area contributed by atoms with E-state index in [-0.39, 0.29) is 26.7 Å². The maximum absolute atomic E-state index is 10.4. The van der Waals surface area contributed by atoms with Gasteiger partial charge < -0.3 is 10.2 Å². The molecule has 0 radical (unpaired) electrons. The molecule has 4 rings (SSSR count). The molecule has 4 aromatic carbocycles. The lowest BCUT2D eigenvalue weighted by atomic mass is 9.78. The summed E-state index contributed by atoms with van der Waals surface area (Å²) in [5, 5.41) is 18.6. The number of phenols is 2. The van der Waals surface area contributed by atoms with Crippen molar-refractivity contribution in [3.8, 4) is 11.5 Å². The third kappa shape index (κ3) is 9.36. The van der Waals surface area contributed by atoms with E-state index in [0.29, 0.717) is 0 Å². The first kappa shape index (κ1) is 29.5. The van der Waals surface area contributed by atoms with Crippen LogP contribution in [-0.4, -0.2) is 36.2 Å². The minimum absolute atomic E-state index is 0.0741. The van der Waals surface area contributed by atoms with Gasteiger partial charge in [-0.3, -0.25) is 9.11 Å².